The number of hydrogen-bond donors (Lipinski definition) is 2. The number of nitrogens with one attached hydrogen (secondary N) is 2. The van der Waals surface area contributed by atoms with Gasteiger partial charge in [0, 0.05) is 38.6 Å². The molecular weight excluding hydrogens is 524 g/mol. The summed E-state index contributed by atoms with van der Waals surface area (Å²) in [4.78, 5) is 54.2. The van der Waals surface area contributed by atoms with Crippen LogP contribution in [0.25, 0.3) is 0 Å². The van der Waals surface area contributed by atoms with Crippen LogP contribution in [-0.4, -0.2) is 96.3 Å². The fourth-order valence-corrected chi connectivity index (χ4v) is 4.72. The molecule has 4 rings (SSSR count). The van der Waals surface area contributed by atoms with Gasteiger partial charge in [0.2, 0.25) is 11.9 Å². The first-order chi connectivity index (χ1) is 19.6. The number of benzene rings is 1. The lowest BCUT2D eigenvalue weighted by atomic mass is 10.1. The summed E-state index contributed by atoms with van der Waals surface area (Å²) in [6, 6.07) is 4.54. The second-order valence-corrected chi connectivity index (χ2v) is 10.1. The number of nitrogens with zero attached hydrogens (tertiary/aromatic N) is 6. The molecule has 2 amide bonds. The minimum absolute atomic E-state index is 0.0105. The van der Waals surface area contributed by atoms with Gasteiger partial charge in [-0.2, -0.15) is 0 Å². The molecule has 2 atom stereocenters. The Bertz CT molecular complexity index is 1390. The van der Waals surface area contributed by atoms with Gasteiger partial charge in [0.05, 0.1) is 36.4 Å². The Labute approximate surface area is 240 Å². The number of amides is 2. The zero-order valence-corrected chi connectivity index (χ0v) is 24.0. The predicted molar refractivity (Wildman–Crippen MR) is 158 cm³/mol. The van der Waals surface area contributed by atoms with E-state index in [1.807, 2.05) is 61.4 Å². The van der Waals surface area contributed by atoms with Crippen LogP contribution in [0, 0.1) is 0 Å². The van der Waals surface area contributed by atoms with E-state index in [9.17, 15) is 14.4 Å². The maximum atomic E-state index is 13.5. The molecule has 12 heteroatoms. The van der Waals surface area contributed by atoms with Crippen LogP contribution in [-0.2, 0) is 14.4 Å². The van der Waals surface area contributed by atoms with Crippen LogP contribution in [0.5, 0.6) is 5.75 Å². The highest BCUT2D eigenvalue weighted by Gasteiger charge is 2.45. The molecule has 2 aliphatic rings. The van der Waals surface area contributed by atoms with Gasteiger partial charge in [-0.1, -0.05) is 12.7 Å². The van der Waals surface area contributed by atoms with E-state index in [0.717, 1.165) is 12.2 Å². The smallest absolute Gasteiger partial charge is 0.253 e. The van der Waals surface area contributed by atoms with E-state index < -0.39 is 6.04 Å². The number of Topliss-reactive ketones (excluding diaryl/α,β-unsaturated/α-hetero) is 1. The van der Waals surface area contributed by atoms with Gasteiger partial charge in [-0.3, -0.25) is 14.4 Å². The third-order valence-corrected chi connectivity index (χ3v) is 6.74. The normalized spacial score (nSPS) is 17.5. The van der Waals surface area contributed by atoms with Crippen LogP contribution < -0.4 is 20.3 Å². The van der Waals surface area contributed by atoms with Gasteiger partial charge in [-0.15, -0.1) is 0 Å². The van der Waals surface area contributed by atoms with Gasteiger partial charge in [0.1, 0.15) is 17.7 Å². The first-order valence-electron chi connectivity index (χ1n) is 13.2. The zero-order chi connectivity index (χ0) is 29.7. The molecule has 216 valence electrons. The summed E-state index contributed by atoms with van der Waals surface area (Å²) < 4.78 is 5.68. The van der Waals surface area contributed by atoms with E-state index in [1.54, 1.807) is 30.3 Å². The summed E-state index contributed by atoms with van der Waals surface area (Å²) in [7, 11) is 7.48. The average Bonchev–Trinajstić information content (AvgIpc) is 3.22. The first-order valence-corrected chi connectivity index (χ1v) is 13.2. The van der Waals surface area contributed by atoms with Crippen LogP contribution in [0.1, 0.15) is 18.7 Å². The fraction of sp³-hybridized carbons (Fsp3) is 0.345. The fourth-order valence-electron chi connectivity index (χ4n) is 4.72. The van der Waals surface area contributed by atoms with E-state index in [2.05, 4.69) is 32.1 Å². The molecule has 1 fully saturated rings. The number of hydrogen-bond acceptors (Lipinski definition) is 10. The van der Waals surface area contributed by atoms with E-state index in [4.69, 9.17) is 4.74 Å². The third-order valence-electron chi connectivity index (χ3n) is 6.74. The molecule has 1 aromatic carbocycles. The summed E-state index contributed by atoms with van der Waals surface area (Å²) in [5.74, 6) is 0.0736. The van der Waals surface area contributed by atoms with Crippen molar-refractivity contribution in [2.24, 2.45) is 0 Å². The maximum absolute atomic E-state index is 13.5. The largest absolute Gasteiger partial charge is 0.494 e. The molecule has 0 radical (unpaired) electrons. The van der Waals surface area contributed by atoms with Gasteiger partial charge in [-0.05, 0) is 51.4 Å². The van der Waals surface area contributed by atoms with Gasteiger partial charge in [0.15, 0.2) is 6.04 Å². The minimum atomic E-state index is -0.721. The van der Waals surface area contributed by atoms with Crippen LogP contribution in [0.3, 0.4) is 0 Å². The van der Waals surface area contributed by atoms with E-state index in [-0.39, 0.29) is 36.3 Å². The minimum Gasteiger partial charge on any atom is -0.494 e. The molecule has 1 saturated heterocycles. The second-order valence-electron chi connectivity index (χ2n) is 10.1. The Morgan fingerprint density at radius 3 is 2.63 bits per heavy atom. The Hall–Kier alpha value is -4.71. The van der Waals surface area contributed by atoms with Crippen molar-refractivity contribution in [1.82, 2.24) is 24.7 Å². The highest BCUT2D eigenvalue weighted by molar-refractivity contribution is 6.02. The van der Waals surface area contributed by atoms with E-state index in [1.165, 1.54) is 13.0 Å². The number of likely N-dealkylation sites (N-methyl/N-ethyl adjacent to an activating group) is 2. The number of aromatic nitrogens is 2. The molecule has 3 heterocycles. The van der Waals surface area contributed by atoms with Crippen molar-refractivity contribution < 1.29 is 19.1 Å². The van der Waals surface area contributed by atoms with Crippen molar-refractivity contribution in [2.45, 2.75) is 19.1 Å². The summed E-state index contributed by atoms with van der Waals surface area (Å²) in [6.07, 6.45) is 9.80. The zero-order valence-electron chi connectivity index (χ0n) is 24.0. The molecule has 1 aromatic heterocycles. The number of ketones is 1. The molecular formula is C29H36N8O4. The van der Waals surface area contributed by atoms with E-state index >= 15 is 0 Å². The monoisotopic (exact) mass is 560 g/mol. The van der Waals surface area contributed by atoms with Gasteiger partial charge < -0.3 is 35.0 Å². The van der Waals surface area contributed by atoms with Crippen molar-refractivity contribution in [3.63, 3.8) is 0 Å². The summed E-state index contributed by atoms with van der Waals surface area (Å²) in [5, 5.41) is 6.06. The van der Waals surface area contributed by atoms with Gasteiger partial charge >= 0.3 is 0 Å². The Morgan fingerprint density at radius 1 is 1.17 bits per heavy atom. The molecule has 2 aromatic rings. The quantitative estimate of drug-likeness (QED) is 0.375. The SMILES string of the molecule is C=CC(=O)Nc1cc(Nc2nccc(C3C(=O)N(CC(C)=O)C4C=CC=CN34)n2)c(OC)cc1N(C)CCN(C)C. The number of rotatable bonds is 12. The molecule has 2 unspecified atom stereocenters. The van der Waals surface area contributed by atoms with Crippen molar-refractivity contribution in [3.05, 3.63) is 67.2 Å². The molecule has 2 N–H and O–H groups in total. The summed E-state index contributed by atoms with van der Waals surface area (Å²) in [6.45, 7) is 6.55. The Balaban J connectivity index is 1.67. The average molecular weight is 561 g/mol. The number of ether oxygens (including phenoxy) is 1. The topological polar surface area (TPSA) is 123 Å². The van der Waals surface area contributed by atoms with E-state index in [0.29, 0.717) is 29.4 Å². The van der Waals surface area contributed by atoms with Crippen molar-refractivity contribution >= 4 is 40.6 Å². The number of carbonyl (C=O) groups is 3. The predicted octanol–water partition coefficient (Wildman–Crippen LogP) is 2.54. The highest BCUT2D eigenvalue weighted by atomic mass is 16.5. The summed E-state index contributed by atoms with van der Waals surface area (Å²) >= 11 is 0. The van der Waals surface area contributed by atoms with Crippen molar-refractivity contribution in [2.75, 3.05) is 63.4 Å². The molecule has 0 spiro atoms. The highest BCUT2D eigenvalue weighted by Crippen LogP contribution is 2.39. The van der Waals surface area contributed by atoms with Crippen molar-refractivity contribution in [1.29, 1.82) is 0 Å². The molecule has 0 aliphatic carbocycles. The number of allylic oxidation sites excluding steroid dienone is 2. The molecule has 0 bridgehead atoms. The lowest BCUT2D eigenvalue weighted by Crippen LogP contribution is -2.39. The first kappa shape index (κ1) is 29.3. The van der Waals surface area contributed by atoms with Crippen LogP contribution in [0.2, 0.25) is 0 Å². The number of fused-ring (bicyclic) bond motifs is 1. The van der Waals surface area contributed by atoms with Crippen LogP contribution >= 0.6 is 0 Å². The van der Waals surface area contributed by atoms with Gasteiger partial charge in [0.25, 0.3) is 5.91 Å². The second kappa shape index (κ2) is 12.6. The van der Waals surface area contributed by atoms with Crippen LogP contribution in [0.4, 0.5) is 23.0 Å². The standard InChI is InChI=1S/C29H36N8O4/c1-7-25(39)31-21-16-22(24(41-6)17-23(21)35(5)15-14-34(3)4)33-29-30-12-11-20(32-29)27-28(40)37(18-19(2)38)26-10-8-9-13-36(26)27/h7-13,16-17,26-27H,1,14-15,18H2,2-6H3,(H,31,39)(H,30,32,33). The third kappa shape index (κ3) is 6.55. The van der Waals surface area contributed by atoms with Crippen molar-refractivity contribution in [3.8, 4) is 5.75 Å². The summed E-state index contributed by atoms with van der Waals surface area (Å²) in [5.41, 5.74) is 2.30. The van der Waals surface area contributed by atoms with Crippen LogP contribution in [0.15, 0.2) is 61.5 Å². The van der Waals surface area contributed by atoms with Gasteiger partial charge in [-0.25, -0.2) is 9.97 Å². The lowest BCUT2D eigenvalue weighted by Gasteiger charge is -2.29. The molecule has 12 nitrogen and oxygen atoms in total. The molecule has 2 aliphatic heterocycles. The Kier molecular flexibility index (Phi) is 9.03. The molecule has 0 saturated carbocycles. The maximum Gasteiger partial charge on any atom is 0.253 e. The number of anilines is 4. The number of methoxy groups -OCH3 is 1. The molecule has 41 heavy (non-hydrogen) atoms. The number of carbonyl (C=O) groups excluding carboxylic acids is 3. The Morgan fingerprint density at radius 2 is 1.95 bits per heavy atom. The lowest BCUT2D eigenvalue weighted by molar-refractivity contribution is -0.133.